The van der Waals surface area contributed by atoms with Crippen molar-refractivity contribution in [3.8, 4) is 11.8 Å². The molecule has 0 aliphatic carbocycles. The molecule has 0 aliphatic rings. The van der Waals surface area contributed by atoms with Crippen molar-refractivity contribution in [2.75, 3.05) is 0 Å². The zero-order valence-corrected chi connectivity index (χ0v) is 18.6. The highest BCUT2D eigenvalue weighted by Gasteiger charge is 2.13. The summed E-state index contributed by atoms with van der Waals surface area (Å²) in [4.78, 5) is 5.24. The third kappa shape index (κ3) is 3.97. The number of aromatic nitrogens is 2. The van der Waals surface area contributed by atoms with Crippen LogP contribution in [0.4, 0.5) is 0 Å². The van der Waals surface area contributed by atoms with Crippen molar-refractivity contribution >= 4 is 51.0 Å². The molecular weight excluding hydrogens is 418 g/mol. The SMILES string of the molecule is Cc1ccc(-n2c(C)cc(/C=C(\C#N)Sc3nc4ccccc4s3)c2C)cc1Cl. The van der Waals surface area contributed by atoms with Gasteiger partial charge in [-0.25, -0.2) is 4.98 Å². The van der Waals surface area contributed by atoms with Crippen LogP contribution in [-0.4, -0.2) is 9.55 Å². The molecule has 4 rings (SSSR count). The monoisotopic (exact) mass is 435 g/mol. The molecule has 0 saturated heterocycles. The van der Waals surface area contributed by atoms with Gasteiger partial charge in [0, 0.05) is 22.1 Å². The summed E-state index contributed by atoms with van der Waals surface area (Å²) in [6.07, 6.45) is 1.94. The first kappa shape index (κ1) is 19.8. The topological polar surface area (TPSA) is 41.6 Å². The normalized spacial score (nSPS) is 11.8. The highest BCUT2D eigenvalue weighted by Crippen LogP contribution is 2.35. The Morgan fingerprint density at radius 2 is 1.97 bits per heavy atom. The van der Waals surface area contributed by atoms with Crippen LogP contribution in [0.3, 0.4) is 0 Å². The lowest BCUT2D eigenvalue weighted by Crippen LogP contribution is -1.99. The first-order chi connectivity index (χ1) is 14.0. The molecule has 0 unspecified atom stereocenters. The maximum Gasteiger partial charge on any atom is 0.156 e. The highest BCUT2D eigenvalue weighted by atomic mass is 35.5. The molecule has 0 spiro atoms. The van der Waals surface area contributed by atoms with Gasteiger partial charge >= 0.3 is 0 Å². The Morgan fingerprint density at radius 3 is 2.69 bits per heavy atom. The summed E-state index contributed by atoms with van der Waals surface area (Å²) < 4.78 is 4.16. The number of thiazole rings is 1. The number of allylic oxidation sites excluding steroid dienone is 1. The number of para-hydroxylation sites is 1. The van der Waals surface area contributed by atoms with Gasteiger partial charge in [0.25, 0.3) is 0 Å². The summed E-state index contributed by atoms with van der Waals surface area (Å²) in [6, 6.07) is 18.5. The lowest BCUT2D eigenvalue weighted by Gasteiger charge is -2.11. The van der Waals surface area contributed by atoms with Gasteiger partial charge < -0.3 is 4.57 Å². The number of rotatable bonds is 4. The maximum atomic E-state index is 9.69. The van der Waals surface area contributed by atoms with Gasteiger partial charge in [-0.2, -0.15) is 5.26 Å². The number of aryl methyl sites for hydroxylation is 2. The molecule has 29 heavy (non-hydrogen) atoms. The fourth-order valence-electron chi connectivity index (χ4n) is 3.27. The number of thioether (sulfide) groups is 1. The van der Waals surface area contributed by atoms with Crippen molar-refractivity contribution in [3.63, 3.8) is 0 Å². The third-order valence-electron chi connectivity index (χ3n) is 4.75. The van der Waals surface area contributed by atoms with E-state index < -0.39 is 0 Å². The Hall–Kier alpha value is -2.52. The number of hydrogen-bond donors (Lipinski definition) is 0. The number of halogens is 1. The van der Waals surface area contributed by atoms with E-state index >= 15 is 0 Å². The zero-order chi connectivity index (χ0) is 20.5. The summed E-state index contributed by atoms with van der Waals surface area (Å²) in [5.41, 5.74) is 6.22. The second kappa shape index (κ2) is 8.08. The summed E-state index contributed by atoms with van der Waals surface area (Å²) in [7, 11) is 0. The molecule has 0 fully saturated rings. The van der Waals surface area contributed by atoms with E-state index in [-0.39, 0.29) is 0 Å². The van der Waals surface area contributed by atoms with Crippen LogP contribution in [0.25, 0.3) is 22.0 Å². The fourth-order valence-corrected chi connectivity index (χ4v) is 5.41. The quantitative estimate of drug-likeness (QED) is 0.249. The van der Waals surface area contributed by atoms with E-state index in [2.05, 4.69) is 41.6 Å². The van der Waals surface area contributed by atoms with Gasteiger partial charge in [0.2, 0.25) is 0 Å². The number of benzene rings is 2. The standard InChI is InChI=1S/C23H18ClN3S2/c1-14-8-9-18(12-20(14)24)27-15(2)10-17(16(27)3)11-19(13-25)28-23-26-21-6-4-5-7-22(21)29-23/h4-12H,1-3H3/b19-11+. The van der Waals surface area contributed by atoms with E-state index in [4.69, 9.17) is 11.6 Å². The molecular formula is C23H18ClN3S2. The van der Waals surface area contributed by atoms with Crippen molar-refractivity contribution in [1.82, 2.24) is 9.55 Å². The molecule has 0 radical (unpaired) electrons. The van der Waals surface area contributed by atoms with Crippen LogP contribution < -0.4 is 0 Å². The molecule has 0 amide bonds. The van der Waals surface area contributed by atoms with Crippen LogP contribution >= 0.6 is 34.7 Å². The van der Waals surface area contributed by atoms with Crippen LogP contribution in [0.2, 0.25) is 5.02 Å². The van der Waals surface area contributed by atoms with Crippen LogP contribution in [0, 0.1) is 32.1 Å². The van der Waals surface area contributed by atoms with Crippen molar-refractivity contribution in [1.29, 1.82) is 5.26 Å². The van der Waals surface area contributed by atoms with E-state index in [0.29, 0.717) is 4.91 Å². The number of fused-ring (bicyclic) bond motifs is 1. The smallest absolute Gasteiger partial charge is 0.156 e. The lowest BCUT2D eigenvalue weighted by atomic mass is 10.2. The molecule has 144 valence electrons. The Labute approximate surface area is 183 Å². The predicted octanol–water partition coefficient (Wildman–Crippen LogP) is 7.32. The van der Waals surface area contributed by atoms with Crippen LogP contribution in [0.1, 0.15) is 22.5 Å². The number of nitriles is 1. The van der Waals surface area contributed by atoms with Crippen LogP contribution in [0.5, 0.6) is 0 Å². The van der Waals surface area contributed by atoms with Crippen molar-refractivity contribution in [3.05, 3.63) is 81.0 Å². The summed E-state index contributed by atoms with van der Waals surface area (Å²) in [6.45, 7) is 6.11. The number of hydrogen-bond acceptors (Lipinski definition) is 4. The predicted molar refractivity (Wildman–Crippen MR) is 124 cm³/mol. The second-order valence-corrected chi connectivity index (χ2v) is 9.49. The van der Waals surface area contributed by atoms with Crippen LogP contribution in [-0.2, 0) is 0 Å². The number of nitrogens with zero attached hydrogens (tertiary/aromatic N) is 3. The minimum atomic E-state index is 0.617. The van der Waals surface area contributed by atoms with E-state index in [1.165, 1.54) is 11.8 Å². The molecule has 0 saturated carbocycles. The maximum absolute atomic E-state index is 9.69. The zero-order valence-electron chi connectivity index (χ0n) is 16.2. The third-order valence-corrected chi connectivity index (χ3v) is 7.19. The first-order valence-electron chi connectivity index (χ1n) is 9.07. The van der Waals surface area contributed by atoms with Gasteiger partial charge in [-0.15, -0.1) is 11.3 Å². The van der Waals surface area contributed by atoms with Crippen LogP contribution in [0.15, 0.2) is 57.8 Å². The largest absolute Gasteiger partial charge is 0.318 e. The lowest BCUT2D eigenvalue weighted by molar-refractivity contribution is 0.963. The van der Waals surface area contributed by atoms with Gasteiger partial charge in [-0.05, 0) is 80.1 Å². The Kier molecular flexibility index (Phi) is 5.51. The average Bonchev–Trinajstić information content (AvgIpc) is 3.23. The molecule has 0 bridgehead atoms. The summed E-state index contributed by atoms with van der Waals surface area (Å²) >= 11 is 9.34. The van der Waals surface area contributed by atoms with E-state index in [1.807, 2.05) is 49.4 Å². The van der Waals surface area contributed by atoms with Crippen molar-refractivity contribution < 1.29 is 0 Å². The van der Waals surface area contributed by atoms with Gasteiger partial charge in [0.05, 0.1) is 15.1 Å². The van der Waals surface area contributed by atoms with E-state index in [1.54, 1.807) is 11.3 Å². The minimum absolute atomic E-state index is 0.617. The highest BCUT2D eigenvalue weighted by molar-refractivity contribution is 8.05. The van der Waals surface area contributed by atoms with Gasteiger partial charge in [0.1, 0.15) is 6.07 Å². The molecule has 2 aromatic carbocycles. The fraction of sp³-hybridized carbons (Fsp3) is 0.130. The molecule has 4 aromatic rings. The summed E-state index contributed by atoms with van der Waals surface area (Å²) in [5.74, 6) is 0. The molecule has 0 aliphatic heterocycles. The molecule has 3 nitrogen and oxygen atoms in total. The van der Waals surface area contributed by atoms with Crippen molar-refractivity contribution in [2.24, 2.45) is 0 Å². The first-order valence-corrected chi connectivity index (χ1v) is 11.1. The van der Waals surface area contributed by atoms with Gasteiger partial charge in [-0.1, -0.05) is 29.8 Å². The van der Waals surface area contributed by atoms with E-state index in [9.17, 15) is 5.26 Å². The molecule has 0 atom stereocenters. The second-order valence-electron chi connectivity index (χ2n) is 6.77. The van der Waals surface area contributed by atoms with Crippen molar-refractivity contribution in [2.45, 2.75) is 25.1 Å². The molecule has 6 heteroatoms. The average molecular weight is 436 g/mol. The Bertz CT molecular complexity index is 1260. The summed E-state index contributed by atoms with van der Waals surface area (Å²) in [5, 5.41) is 10.4. The molecule has 2 aromatic heterocycles. The Balaban J connectivity index is 1.69. The molecule has 0 N–H and O–H groups in total. The minimum Gasteiger partial charge on any atom is -0.318 e. The van der Waals surface area contributed by atoms with Gasteiger partial charge in [0.15, 0.2) is 4.34 Å². The van der Waals surface area contributed by atoms with E-state index in [0.717, 1.165) is 47.8 Å². The van der Waals surface area contributed by atoms with Gasteiger partial charge in [-0.3, -0.25) is 0 Å². The molecule has 2 heterocycles. The Morgan fingerprint density at radius 1 is 1.17 bits per heavy atom.